The number of carbonyl (C=O) groups excluding carboxylic acids is 2. The predicted octanol–water partition coefficient (Wildman–Crippen LogP) is 4.05. The maximum Gasteiger partial charge on any atom is 0.276 e. The number of aromatic nitrogens is 2. The molecule has 0 unspecified atom stereocenters. The smallest absolute Gasteiger partial charge is 0.276 e. The van der Waals surface area contributed by atoms with Gasteiger partial charge in [-0.15, -0.1) is 0 Å². The van der Waals surface area contributed by atoms with Gasteiger partial charge in [0, 0.05) is 35.6 Å². The number of nitrogens with one attached hydrogen (secondary N) is 1. The molecular weight excluding hydrogens is 376 g/mol. The summed E-state index contributed by atoms with van der Waals surface area (Å²) in [7, 11) is 0. The second-order valence-electron chi connectivity index (χ2n) is 8.03. The van der Waals surface area contributed by atoms with Crippen LogP contribution in [0.1, 0.15) is 46.6 Å². The first-order chi connectivity index (χ1) is 14.6. The van der Waals surface area contributed by atoms with Crippen LogP contribution in [-0.4, -0.2) is 28.1 Å². The van der Waals surface area contributed by atoms with Crippen LogP contribution in [0.3, 0.4) is 0 Å². The minimum atomic E-state index is -0.205. The van der Waals surface area contributed by atoms with Crippen LogP contribution >= 0.6 is 0 Å². The first kappa shape index (κ1) is 18.6. The molecule has 0 bridgehead atoms. The second kappa shape index (κ2) is 7.44. The number of hydrogen-bond donors (Lipinski definition) is 1. The number of benzene rings is 2. The highest BCUT2D eigenvalue weighted by atomic mass is 16.2. The summed E-state index contributed by atoms with van der Waals surface area (Å²) in [5.41, 5.74) is 6.33. The molecular formula is C24H24N4O2. The lowest BCUT2D eigenvalue weighted by molar-refractivity contribution is -0.117. The zero-order chi connectivity index (χ0) is 20.7. The topological polar surface area (TPSA) is 67.2 Å². The molecule has 0 atom stereocenters. The summed E-state index contributed by atoms with van der Waals surface area (Å²) in [4.78, 5) is 26.9. The van der Waals surface area contributed by atoms with Gasteiger partial charge in [0.2, 0.25) is 5.91 Å². The number of aryl methyl sites for hydroxylation is 1. The highest BCUT2D eigenvalue weighted by Crippen LogP contribution is 2.29. The summed E-state index contributed by atoms with van der Waals surface area (Å²) >= 11 is 0. The van der Waals surface area contributed by atoms with Crippen molar-refractivity contribution in [3.8, 4) is 5.69 Å². The van der Waals surface area contributed by atoms with Gasteiger partial charge in [0.1, 0.15) is 0 Å². The Kier molecular flexibility index (Phi) is 4.62. The summed E-state index contributed by atoms with van der Waals surface area (Å²) < 4.78 is 1.91. The van der Waals surface area contributed by atoms with Gasteiger partial charge in [-0.2, -0.15) is 5.10 Å². The Morgan fingerprint density at radius 2 is 1.83 bits per heavy atom. The molecule has 1 aliphatic heterocycles. The maximum absolute atomic E-state index is 13.1. The van der Waals surface area contributed by atoms with Crippen molar-refractivity contribution in [3.63, 3.8) is 0 Å². The molecule has 1 N–H and O–H groups in total. The summed E-state index contributed by atoms with van der Waals surface area (Å²) in [5.74, 6) is -0.0722. The fourth-order valence-corrected chi connectivity index (χ4v) is 4.38. The third-order valence-corrected chi connectivity index (χ3v) is 5.91. The molecule has 152 valence electrons. The van der Waals surface area contributed by atoms with E-state index < -0.39 is 0 Å². The molecule has 2 aliphatic rings. The Morgan fingerprint density at radius 3 is 2.60 bits per heavy atom. The molecule has 0 radical (unpaired) electrons. The van der Waals surface area contributed by atoms with E-state index in [2.05, 4.69) is 29.5 Å². The van der Waals surface area contributed by atoms with Crippen LogP contribution in [0.2, 0.25) is 0 Å². The van der Waals surface area contributed by atoms with E-state index in [4.69, 9.17) is 0 Å². The molecule has 2 aromatic carbocycles. The molecule has 2 amide bonds. The molecule has 30 heavy (non-hydrogen) atoms. The van der Waals surface area contributed by atoms with E-state index >= 15 is 0 Å². The van der Waals surface area contributed by atoms with Gasteiger partial charge in [0.05, 0.1) is 5.69 Å². The Balaban J connectivity index is 1.43. The highest BCUT2D eigenvalue weighted by Gasteiger charge is 2.27. The van der Waals surface area contributed by atoms with Gasteiger partial charge in [-0.1, -0.05) is 23.8 Å². The molecule has 1 saturated heterocycles. The molecule has 2 heterocycles. The van der Waals surface area contributed by atoms with E-state index in [1.54, 1.807) is 4.90 Å². The minimum Gasteiger partial charge on any atom is -0.321 e. The third-order valence-electron chi connectivity index (χ3n) is 5.91. The number of carbonyl (C=O) groups is 2. The van der Waals surface area contributed by atoms with Gasteiger partial charge in [-0.25, -0.2) is 4.68 Å². The standard InChI is InChI=1S/C24H24N4O2/c1-16-10-12-18(13-11-16)28-21-8-3-7-20(21)23(26-28)24(30)25-17-5-2-6-19(15-17)27-14-4-9-22(27)29/h2,5-6,10-13,15H,3-4,7-9,14H2,1H3,(H,25,30). The van der Waals surface area contributed by atoms with Crippen molar-refractivity contribution >= 4 is 23.2 Å². The molecule has 1 fully saturated rings. The number of fused-ring (bicyclic) bond motifs is 1. The monoisotopic (exact) mass is 400 g/mol. The molecule has 1 aliphatic carbocycles. The number of rotatable bonds is 4. The van der Waals surface area contributed by atoms with E-state index in [0.29, 0.717) is 17.8 Å². The molecule has 6 nitrogen and oxygen atoms in total. The maximum atomic E-state index is 13.1. The zero-order valence-corrected chi connectivity index (χ0v) is 17.0. The molecule has 0 spiro atoms. The third kappa shape index (κ3) is 3.28. The first-order valence-electron chi connectivity index (χ1n) is 10.5. The van der Waals surface area contributed by atoms with Crippen molar-refractivity contribution in [2.75, 3.05) is 16.8 Å². The molecule has 0 saturated carbocycles. The summed E-state index contributed by atoms with van der Waals surface area (Å²) in [6, 6.07) is 15.7. The molecule has 6 heteroatoms. The second-order valence-corrected chi connectivity index (χ2v) is 8.03. The largest absolute Gasteiger partial charge is 0.321 e. The van der Waals surface area contributed by atoms with Gasteiger partial charge in [0.15, 0.2) is 5.69 Å². The van der Waals surface area contributed by atoms with E-state index in [0.717, 1.165) is 54.9 Å². The van der Waals surface area contributed by atoms with Gasteiger partial charge in [-0.05, 0) is 62.9 Å². The minimum absolute atomic E-state index is 0.133. The number of nitrogens with zero attached hydrogens (tertiary/aromatic N) is 3. The van der Waals surface area contributed by atoms with Crippen LogP contribution in [0.4, 0.5) is 11.4 Å². The molecule has 3 aromatic rings. The molecule has 1 aromatic heterocycles. The lowest BCUT2D eigenvalue weighted by Gasteiger charge is -2.16. The fourth-order valence-electron chi connectivity index (χ4n) is 4.38. The van der Waals surface area contributed by atoms with Gasteiger partial charge in [0.25, 0.3) is 5.91 Å². The zero-order valence-electron chi connectivity index (χ0n) is 17.0. The van der Waals surface area contributed by atoms with Crippen molar-refractivity contribution in [3.05, 3.63) is 71.0 Å². The van der Waals surface area contributed by atoms with Crippen molar-refractivity contribution in [1.82, 2.24) is 9.78 Å². The average molecular weight is 400 g/mol. The first-order valence-corrected chi connectivity index (χ1v) is 10.5. The predicted molar refractivity (Wildman–Crippen MR) is 116 cm³/mol. The lowest BCUT2D eigenvalue weighted by Crippen LogP contribution is -2.23. The highest BCUT2D eigenvalue weighted by molar-refractivity contribution is 6.05. The number of anilines is 2. The quantitative estimate of drug-likeness (QED) is 0.718. The Labute approximate surface area is 175 Å². The number of amides is 2. The van der Waals surface area contributed by atoms with E-state index in [9.17, 15) is 9.59 Å². The van der Waals surface area contributed by atoms with Crippen LogP contribution in [0.5, 0.6) is 0 Å². The SMILES string of the molecule is Cc1ccc(-n2nc(C(=O)Nc3cccc(N4CCCC4=O)c3)c3c2CCC3)cc1. The van der Waals surface area contributed by atoms with Crippen LogP contribution in [0, 0.1) is 6.92 Å². The Bertz CT molecular complexity index is 1130. The van der Waals surface area contributed by atoms with Crippen LogP contribution < -0.4 is 10.2 Å². The van der Waals surface area contributed by atoms with Gasteiger partial charge < -0.3 is 10.2 Å². The van der Waals surface area contributed by atoms with Crippen molar-refractivity contribution in [2.45, 2.75) is 39.0 Å². The van der Waals surface area contributed by atoms with Crippen LogP contribution in [0.25, 0.3) is 5.69 Å². The Hall–Kier alpha value is -3.41. The van der Waals surface area contributed by atoms with E-state index in [-0.39, 0.29) is 11.8 Å². The average Bonchev–Trinajstić information content (AvgIpc) is 3.45. The van der Waals surface area contributed by atoms with E-state index in [1.165, 1.54) is 5.56 Å². The van der Waals surface area contributed by atoms with Crippen LogP contribution in [0.15, 0.2) is 48.5 Å². The summed E-state index contributed by atoms with van der Waals surface area (Å²) in [5, 5.41) is 7.67. The van der Waals surface area contributed by atoms with Crippen molar-refractivity contribution in [1.29, 1.82) is 0 Å². The van der Waals surface area contributed by atoms with E-state index in [1.807, 2.05) is 41.1 Å². The van der Waals surface area contributed by atoms with Gasteiger partial charge in [-0.3, -0.25) is 9.59 Å². The van der Waals surface area contributed by atoms with Crippen molar-refractivity contribution < 1.29 is 9.59 Å². The summed E-state index contributed by atoms with van der Waals surface area (Å²) in [6.45, 7) is 2.78. The lowest BCUT2D eigenvalue weighted by atomic mass is 10.2. The van der Waals surface area contributed by atoms with Crippen LogP contribution in [-0.2, 0) is 17.6 Å². The Morgan fingerprint density at radius 1 is 1.00 bits per heavy atom. The molecule has 5 rings (SSSR count). The fraction of sp³-hybridized carbons (Fsp3) is 0.292. The van der Waals surface area contributed by atoms with Gasteiger partial charge >= 0.3 is 0 Å². The van der Waals surface area contributed by atoms with Crippen molar-refractivity contribution in [2.24, 2.45) is 0 Å². The summed E-state index contributed by atoms with van der Waals surface area (Å²) in [6.07, 6.45) is 4.28. The number of hydrogen-bond acceptors (Lipinski definition) is 3. The normalized spacial score (nSPS) is 15.5.